The molecule has 0 aliphatic heterocycles. The minimum absolute atomic E-state index is 0.00692. The summed E-state index contributed by atoms with van der Waals surface area (Å²) < 4.78 is 37.9. The Balaban J connectivity index is 2.47. The lowest BCUT2D eigenvalue weighted by atomic mass is 10.1. The van der Waals surface area contributed by atoms with E-state index >= 15 is 0 Å². The number of amides is 1. The van der Waals surface area contributed by atoms with Gasteiger partial charge in [0.25, 0.3) is 0 Å². The van der Waals surface area contributed by atoms with Crippen molar-refractivity contribution in [1.29, 1.82) is 0 Å². The summed E-state index contributed by atoms with van der Waals surface area (Å²) >= 11 is 5.83. The maximum Gasteiger partial charge on any atom is 0.416 e. The molecule has 0 spiro atoms. The Hall–Kier alpha value is -1.23. The molecule has 2 nitrogen and oxygen atoms in total. The second kappa shape index (κ2) is 9.03. The number of hydrogen-bond acceptors (Lipinski definition) is 1. The van der Waals surface area contributed by atoms with Crippen molar-refractivity contribution in [2.45, 2.75) is 58.0 Å². The average Bonchev–Trinajstić information content (AvgIpc) is 2.44. The first kappa shape index (κ1) is 18.8. The van der Waals surface area contributed by atoms with Gasteiger partial charge in [0.15, 0.2) is 0 Å². The fourth-order valence-electron chi connectivity index (χ4n) is 2.08. The van der Waals surface area contributed by atoms with Gasteiger partial charge in [-0.1, -0.05) is 50.6 Å². The highest BCUT2D eigenvalue weighted by Crippen LogP contribution is 2.33. The highest BCUT2D eigenvalue weighted by Gasteiger charge is 2.31. The van der Waals surface area contributed by atoms with Crippen LogP contribution in [-0.2, 0) is 11.0 Å². The molecule has 0 saturated carbocycles. The third-order valence-corrected chi connectivity index (χ3v) is 3.65. The van der Waals surface area contributed by atoms with Crippen LogP contribution in [0.5, 0.6) is 0 Å². The van der Waals surface area contributed by atoms with E-state index < -0.39 is 11.7 Å². The number of alkyl halides is 3. The number of halogens is 4. The maximum absolute atomic E-state index is 12.6. The molecule has 1 aromatic rings. The van der Waals surface area contributed by atoms with Crippen LogP contribution in [0.25, 0.3) is 0 Å². The van der Waals surface area contributed by atoms with E-state index in [1.165, 1.54) is 6.42 Å². The Morgan fingerprint density at radius 3 is 2.41 bits per heavy atom. The summed E-state index contributed by atoms with van der Waals surface area (Å²) in [7, 11) is 0. The normalized spacial score (nSPS) is 11.5. The van der Waals surface area contributed by atoms with E-state index in [-0.39, 0.29) is 16.6 Å². The van der Waals surface area contributed by atoms with Gasteiger partial charge in [0, 0.05) is 6.42 Å². The van der Waals surface area contributed by atoms with Crippen LogP contribution in [0.15, 0.2) is 18.2 Å². The van der Waals surface area contributed by atoms with Gasteiger partial charge in [-0.05, 0) is 24.6 Å². The number of unbranched alkanes of at least 4 members (excludes halogenated alkanes) is 5. The number of benzene rings is 1. The number of carbonyl (C=O) groups is 1. The molecule has 124 valence electrons. The predicted octanol–water partition coefficient (Wildman–Crippen LogP) is 6.05. The molecule has 0 heterocycles. The average molecular weight is 336 g/mol. The molecule has 0 fully saturated rings. The fourth-order valence-corrected chi connectivity index (χ4v) is 2.24. The Bertz CT molecular complexity index is 489. The smallest absolute Gasteiger partial charge is 0.325 e. The lowest BCUT2D eigenvalue weighted by molar-refractivity contribution is -0.137. The van der Waals surface area contributed by atoms with Crippen LogP contribution in [0, 0.1) is 0 Å². The molecule has 1 rings (SSSR count). The Morgan fingerprint density at radius 2 is 1.77 bits per heavy atom. The molecule has 22 heavy (non-hydrogen) atoms. The number of rotatable bonds is 8. The van der Waals surface area contributed by atoms with Gasteiger partial charge in [0.05, 0.1) is 16.3 Å². The second-order valence-electron chi connectivity index (χ2n) is 5.26. The Kier molecular flexibility index (Phi) is 7.73. The molecule has 0 aromatic heterocycles. The molecular weight excluding hydrogens is 315 g/mol. The molecule has 0 aliphatic rings. The zero-order valence-corrected chi connectivity index (χ0v) is 13.4. The number of hydrogen-bond donors (Lipinski definition) is 1. The second-order valence-corrected chi connectivity index (χ2v) is 5.67. The van der Waals surface area contributed by atoms with Gasteiger partial charge in [0.1, 0.15) is 0 Å². The van der Waals surface area contributed by atoms with Gasteiger partial charge in [-0.3, -0.25) is 4.79 Å². The van der Waals surface area contributed by atoms with Crippen LogP contribution in [0.1, 0.15) is 57.4 Å². The van der Waals surface area contributed by atoms with Gasteiger partial charge >= 0.3 is 6.18 Å². The molecule has 0 bridgehead atoms. The minimum atomic E-state index is -4.46. The van der Waals surface area contributed by atoms with Crippen molar-refractivity contribution >= 4 is 23.2 Å². The fraction of sp³-hybridized carbons (Fsp3) is 0.562. The lowest BCUT2D eigenvalue weighted by Crippen LogP contribution is -2.13. The quantitative estimate of drug-likeness (QED) is 0.576. The number of nitrogens with one attached hydrogen (secondary N) is 1. The zero-order valence-electron chi connectivity index (χ0n) is 12.6. The molecule has 6 heteroatoms. The molecular formula is C16H21ClF3NO. The van der Waals surface area contributed by atoms with E-state index in [1.54, 1.807) is 0 Å². The summed E-state index contributed by atoms with van der Waals surface area (Å²) in [4.78, 5) is 11.8. The first-order chi connectivity index (χ1) is 10.3. The van der Waals surface area contributed by atoms with Gasteiger partial charge in [0.2, 0.25) is 5.91 Å². The summed E-state index contributed by atoms with van der Waals surface area (Å²) in [5, 5.41) is 2.56. The van der Waals surface area contributed by atoms with Crippen LogP contribution in [0.4, 0.5) is 18.9 Å². The van der Waals surface area contributed by atoms with Crippen molar-refractivity contribution in [3.05, 3.63) is 28.8 Å². The molecule has 0 aliphatic carbocycles. The molecule has 0 unspecified atom stereocenters. The summed E-state index contributed by atoms with van der Waals surface area (Å²) in [6.07, 6.45) is 2.08. The van der Waals surface area contributed by atoms with Crippen molar-refractivity contribution in [3.63, 3.8) is 0 Å². The van der Waals surface area contributed by atoms with Crippen molar-refractivity contribution in [3.8, 4) is 0 Å². The predicted molar refractivity (Wildman–Crippen MR) is 83.1 cm³/mol. The SMILES string of the molecule is CCCCCCCCC(=O)Nc1cc(C(F)(F)F)ccc1Cl. The van der Waals surface area contributed by atoms with Gasteiger partial charge in [-0.25, -0.2) is 0 Å². The van der Waals surface area contributed by atoms with Crippen LogP contribution < -0.4 is 5.32 Å². The molecule has 1 amide bonds. The maximum atomic E-state index is 12.6. The largest absolute Gasteiger partial charge is 0.416 e. The number of carbonyl (C=O) groups excluding carboxylic acids is 1. The van der Waals surface area contributed by atoms with Crippen LogP contribution in [0.3, 0.4) is 0 Å². The third kappa shape index (κ3) is 6.69. The van der Waals surface area contributed by atoms with Crippen molar-refractivity contribution in [2.24, 2.45) is 0 Å². The van der Waals surface area contributed by atoms with E-state index in [4.69, 9.17) is 11.6 Å². The highest BCUT2D eigenvalue weighted by atomic mass is 35.5. The topological polar surface area (TPSA) is 29.1 Å². The minimum Gasteiger partial charge on any atom is -0.325 e. The van der Waals surface area contributed by atoms with Crippen LogP contribution in [-0.4, -0.2) is 5.91 Å². The standard InChI is InChI=1S/C16H21ClF3NO/c1-2-3-4-5-6-7-8-15(22)21-14-11-12(16(18,19)20)9-10-13(14)17/h9-11H,2-8H2,1H3,(H,21,22). The highest BCUT2D eigenvalue weighted by molar-refractivity contribution is 6.33. The van der Waals surface area contributed by atoms with Crippen molar-refractivity contribution in [1.82, 2.24) is 0 Å². The summed E-state index contributed by atoms with van der Waals surface area (Å²) in [5.74, 6) is -0.309. The molecule has 1 aromatic carbocycles. The van der Waals surface area contributed by atoms with Crippen LogP contribution >= 0.6 is 11.6 Å². The molecule has 1 N–H and O–H groups in total. The Morgan fingerprint density at radius 1 is 1.14 bits per heavy atom. The van der Waals surface area contributed by atoms with E-state index in [1.807, 2.05) is 0 Å². The molecule has 0 radical (unpaired) electrons. The third-order valence-electron chi connectivity index (χ3n) is 3.33. The van der Waals surface area contributed by atoms with Crippen molar-refractivity contribution in [2.75, 3.05) is 5.32 Å². The zero-order chi connectivity index (χ0) is 16.6. The van der Waals surface area contributed by atoms with Crippen molar-refractivity contribution < 1.29 is 18.0 Å². The van der Waals surface area contributed by atoms with E-state index in [0.717, 1.165) is 50.3 Å². The summed E-state index contributed by atoms with van der Waals surface area (Å²) in [6.45, 7) is 2.13. The van der Waals surface area contributed by atoms with Crippen LogP contribution in [0.2, 0.25) is 5.02 Å². The van der Waals surface area contributed by atoms with Gasteiger partial charge in [-0.15, -0.1) is 0 Å². The first-order valence-corrected chi connectivity index (χ1v) is 7.89. The number of anilines is 1. The van der Waals surface area contributed by atoms with E-state index in [0.29, 0.717) is 6.42 Å². The first-order valence-electron chi connectivity index (χ1n) is 7.51. The van der Waals surface area contributed by atoms with Gasteiger partial charge < -0.3 is 5.32 Å². The van der Waals surface area contributed by atoms with E-state index in [2.05, 4.69) is 12.2 Å². The summed E-state index contributed by atoms with van der Waals surface area (Å²) in [5.41, 5.74) is -0.820. The Labute approximate surface area is 134 Å². The monoisotopic (exact) mass is 335 g/mol. The lowest BCUT2D eigenvalue weighted by Gasteiger charge is -2.11. The van der Waals surface area contributed by atoms with Gasteiger partial charge in [-0.2, -0.15) is 13.2 Å². The molecule has 0 saturated heterocycles. The van der Waals surface area contributed by atoms with E-state index in [9.17, 15) is 18.0 Å². The molecule has 0 atom stereocenters. The summed E-state index contributed by atoms with van der Waals surface area (Å²) in [6, 6.07) is 2.90.